The molecule has 0 saturated heterocycles. The maximum Gasteiger partial charge on any atom is 0.162 e. The number of nitrogens with two attached hydrogens (primary N) is 2. The highest BCUT2D eigenvalue weighted by molar-refractivity contribution is 9.28. The molecule has 3 aromatic rings. The lowest BCUT2D eigenvalue weighted by molar-refractivity contribution is 0.662. The summed E-state index contributed by atoms with van der Waals surface area (Å²) in [6, 6.07) is 18.5. The SMILES string of the molecule is CCCCCCc1cc2ccccc2[nH]1.Nc1ccccc1C=C(Br)Br.[B]B(N)CCCCCC. The summed E-state index contributed by atoms with van der Waals surface area (Å²) in [7, 11) is 5.35. The molecule has 0 aliphatic rings. The number of aromatic amines is 1. The molecule has 2 aromatic carbocycles. The topological polar surface area (TPSA) is 67.8 Å². The molecule has 7 heteroatoms. The van der Waals surface area contributed by atoms with Crippen molar-refractivity contribution >= 4 is 69.0 Å². The summed E-state index contributed by atoms with van der Waals surface area (Å²) in [5.74, 6) is 0. The summed E-state index contributed by atoms with van der Waals surface area (Å²) in [6.45, 7) is 4.35. The van der Waals surface area contributed by atoms with Crippen LogP contribution < -0.4 is 11.4 Å². The number of rotatable bonds is 11. The van der Waals surface area contributed by atoms with Crippen LogP contribution in [0.5, 0.6) is 0 Å². The Bertz CT molecular complexity index is 937. The minimum atomic E-state index is -0.0955. The van der Waals surface area contributed by atoms with Crippen LogP contribution in [-0.2, 0) is 6.42 Å². The van der Waals surface area contributed by atoms with E-state index in [-0.39, 0.29) is 6.74 Å². The molecule has 0 spiro atoms. The molecular formula is C28H41B2Br2N3. The number of aromatic nitrogens is 1. The Hall–Kier alpha value is -1.43. The summed E-state index contributed by atoms with van der Waals surface area (Å²) in [5.41, 5.74) is 15.5. The third kappa shape index (κ3) is 15.3. The quantitative estimate of drug-likeness (QED) is 0.117. The normalized spacial score (nSPS) is 10.1. The first kappa shape index (κ1) is 31.6. The van der Waals surface area contributed by atoms with Crippen LogP contribution in [0.3, 0.4) is 0 Å². The van der Waals surface area contributed by atoms with Crippen LogP contribution in [-0.4, -0.2) is 19.5 Å². The van der Waals surface area contributed by atoms with Gasteiger partial charge in [0.05, 0.1) is 3.39 Å². The highest BCUT2D eigenvalue weighted by Gasteiger charge is 1.99. The fourth-order valence-electron chi connectivity index (χ4n) is 3.58. The van der Waals surface area contributed by atoms with Crippen LogP contribution >= 0.6 is 31.9 Å². The second kappa shape index (κ2) is 19.7. The molecule has 0 atom stereocenters. The molecular weight excluding hydrogens is 560 g/mol. The van der Waals surface area contributed by atoms with Crippen LogP contribution in [0.2, 0.25) is 6.32 Å². The number of halogens is 2. The Kier molecular flexibility index (Phi) is 17.8. The molecule has 1 heterocycles. The first-order valence-electron chi connectivity index (χ1n) is 12.8. The van der Waals surface area contributed by atoms with Gasteiger partial charge in [-0.05, 0) is 79.9 Å². The van der Waals surface area contributed by atoms with E-state index in [0.29, 0.717) is 0 Å². The predicted molar refractivity (Wildman–Crippen MR) is 167 cm³/mol. The van der Waals surface area contributed by atoms with Gasteiger partial charge in [-0.25, -0.2) is 0 Å². The van der Waals surface area contributed by atoms with Crippen molar-refractivity contribution in [3.63, 3.8) is 0 Å². The lowest BCUT2D eigenvalue weighted by Gasteiger charge is -1.99. The molecule has 3 rings (SSSR count). The van der Waals surface area contributed by atoms with Gasteiger partial charge in [-0.2, -0.15) is 0 Å². The fourth-order valence-corrected chi connectivity index (χ4v) is 4.07. The molecule has 3 nitrogen and oxygen atoms in total. The van der Waals surface area contributed by atoms with E-state index in [4.69, 9.17) is 19.1 Å². The lowest BCUT2D eigenvalue weighted by atomic mass is 9.41. The summed E-state index contributed by atoms with van der Waals surface area (Å²) in [4.78, 5) is 3.47. The van der Waals surface area contributed by atoms with Gasteiger partial charge in [0.15, 0.2) is 6.74 Å². The fraction of sp³-hybridized carbons (Fsp3) is 0.429. The molecule has 0 fully saturated rings. The molecule has 0 amide bonds. The van der Waals surface area contributed by atoms with Crippen LogP contribution in [0.1, 0.15) is 76.5 Å². The number of nitrogen functional groups attached to an aromatic ring is 1. The number of aryl methyl sites for hydroxylation is 1. The number of anilines is 1. The Morgan fingerprint density at radius 3 is 2.14 bits per heavy atom. The van der Waals surface area contributed by atoms with E-state index < -0.39 is 0 Å². The van der Waals surface area contributed by atoms with Crippen molar-refractivity contribution in [3.8, 4) is 0 Å². The number of unbranched alkanes of at least 4 members (excludes halogenated alkanes) is 6. The molecule has 0 aliphatic carbocycles. The zero-order chi connectivity index (χ0) is 25.9. The number of H-pyrrole nitrogens is 1. The van der Waals surface area contributed by atoms with Gasteiger partial charge in [0.2, 0.25) is 0 Å². The van der Waals surface area contributed by atoms with Gasteiger partial charge >= 0.3 is 0 Å². The van der Waals surface area contributed by atoms with E-state index in [1.54, 1.807) is 0 Å². The molecule has 0 saturated carbocycles. The third-order valence-corrected chi connectivity index (χ3v) is 5.99. The van der Waals surface area contributed by atoms with Crippen molar-refractivity contribution < 1.29 is 0 Å². The van der Waals surface area contributed by atoms with E-state index >= 15 is 0 Å². The number of hydrogen-bond donors (Lipinski definition) is 3. The van der Waals surface area contributed by atoms with E-state index in [1.165, 1.54) is 74.4 Å². The Labute approximate surface area is 231 Å². The zero-order valence-corrected chi connectivity index (χ0v) is 24.6. The Balaban J connectivity index is 0.000000274. The zero-order valence-electron chi connectivity index (χ0n) is 21.4. The largest absolute Gasteiger partial charge is 0.398 e. The summed E-state index contributed by atoms with van der Waals surface area (Å²) in [6.07, 6.45) is 14.5. The van der Waals surface area contributed by atoms with E-state index in [0.717, 1.165) is 21.0 Å². The van der Waals surface area contributed by atoms with Crippen molar-refractivity contribution in [2.24, 2.45) is 5.64 Å². The number of para-hydroxylation sites is 2. The average molecular weight is 601 g/mol. The van der Waals surface area contributed by atoms with Gasteiger partial charge in [-0.3, -0.25) is 0 Å². The molecule has 5 N–H and O–H groups in total. The molecule has 0 bridgehead atoms. The maximum absolute atomic E-state index is 5.68. The minimum Gasteiger partial charge on any atom is -0.398 e. The number of hydrogen-bond acceptors (Lipinski definition) is 2. The van der Waals surface area contributed by atoms with Crippen molar-refractivity contribution in [2.45, 2.75) is 78.0 Å². The minimum absolute atomic E-state index is 0.0955. The van der Waals surface area contributed by atoms with Gasteiger partial charge < -0.3 is 16.4 Å². The van der Waals surface area contributed by atoms with Gasteiger partial charge in [0, 0.05) is 24.6 Å². The van der Waals surface area contributed by atoms with Crippen molar-refractivity contribution in [3.05, 3.63) is 69.2 Å². The molecule has 188 valence electrons. The highest BCUT2D eigenvalue weighted by Crippen LogP contribution is 2.21. The second-order valence-corrected chi connectivity index (χ2v) is 11.5. The van der Waals surface area contributed by atoms with Crippen molar-refractivity contribution in [2.75, 3.05) is 5.73 Å². The van der Waals surface area contributed by atoms with E-state index in [9.17, 15) is 0 Å². The van der Waals surface area contributed by atoms with E-state index in [2.05, 4.69) is 81.0 Å². The van der Waals surface area contributed by atoms with Gasteiger partial charge in [0.1, 0.15) is 0 Å². The first-order chi connectivity index (χ1) is 16.9. The monoisotopic (exact) mass is 599 g/mol. The molecule has 35 heavy (non-hydrogen) atoms. The Morgan fingerprint density at radius 2 is 1.54 bits per heavy atom. The average Bonchev–Trinajstić information content (AvgIpc) is 3.25. The number of nitrogens with one attached hydrogen (secondary N) is 1. The van der Waals surface area contributed by atoms with Gasteiger partial charge in [0.25, 0.3) is 0 Å². The Morgan fingerprint density at radius 1 is 0.914 bits per heavy atom. The van der Waals surface area contributed by atoms with Gasteiger partial charge in [-0.15, -0.1) is 0 Å². The lowest BCUT2D eigenvalue weighted by Crippen LogP contribution is -2.25. The third-order valence-electron chi connectivity index (χ3n) is 5.54. The van der Waals surface area contributed by atoms with Crippen LogP contribution in [0.4, 0.5) is 5.69 Å². The van der Waals surface area contributed by atoms with Gasteiger partial charge in [-0.1, -0.05) is 102 Å². The molecule has 0 unspecified atom stereocenters. The summed E-state index contributed by atoms with van der Waals surface area (Å²) in [5, 5.41) is 1.34. The van der Waals surface area contributed by atoms with Crippen LogP contribution in [0.15, 0.2) is 58.0 Å². The van der Waals surface area contributed by atoms with E-state index in [1.807, 2.05) is 30.3 Å². The van der Waals surface area contributed by atoms with Crippen molar-refractivity contribution in [1.82, 2.24) is 4.98 Å². The predicted octanol–water partition coefficient (Wildman–Crippen LogP) is 8.83. The van der Waals surface area contributed by atoms with Crippen LogP contribution in [0.25, 0.3) is 17.0 Å². The second-order valence-electron chi connectivity index (χ2n) is 8.77. The summed E-state index contributed by atoms with van der Waals surface area (Å²) >= 11 is 6.53. The van der Waals surface area contributed by atoms with Crippen LogP contribution in [0, 0.1) is 0 Å². The number of benzene rings is 2. The standard InChI is InChI=1S/C14H19N.C8H7Br2N.C6H15B2N/c1-2-3-4-5-9-13-11-12-8-6-7-10-14(12)15-13;9-8(10)5-6-3-1-2-4-7(6)11;1-2-3-4-5-6-8(7)9/h6-8,10-11,15H,2-5,9H2,1H3;1-5H,11H2;2-6,9H2,1H3. The molecule has 0 aliphatic heterocycles. The maximum atomic E-state index is 5.68. The first-order valence-corrected chi connectivity index (χ1v) is 14.4. The summed E-state index contributed by atoms with van der Waals surface area (Å²) < 4.78 is 0.892. The highest BCUT2D eigenvalue weighted by atomic mass is 79.9. The molecule has 1 aromatic heterocycles. The smallest absolute Gasteiger partial charge is 0.162 e. The molecule has 2 radical (unpaired) electrons. The van der Waals surface area contributed by atoms with Crippen molar-refractivity contribution in [1.29, 1.82) is 0 Å². The number of fused-ring (bicyclic) bond motifs is 1.